The van der Waals surface area contributed by atoms with Crippen LogP contribution in [0.1, 0.15) is 10.4 Å². The largest absolute Gasteiger partial charge is 0.389 e. The van der Waals surface area contributed by atoms with Gasteiger partial charge >= 0.3 is 0 Å². The fourth-order valence-corrected chi connectivity index (χ4v) is 2.52. The number of carbonyl (C=O) groups is 1. The van der Waals surface area contributed by atoms with Crippen LogP contribution < -0.4 is 10.6 Å². The van der Waals surface area contributed by atoms with E-state index in [0.29, 0.717) is 5.02 Å². The summed E-state index contributed by atoms with van der Waals surface area (Å²) in [6.07, 6.45) is -1.20. The van der Waals surface area contributed by atoms with Crippen molar-refractivity contribution in [3.05, 3.63) is 69.2 Å². The van der Waals surface area contributed by atoms with Gasteiger partial charge in [0.15, 0.2) is 5.78 Å². The number of hydrogen-bond donors (Lipinski definition) is 2. The molecular formula is C17H18ClN3O4. The van der Waals surface area contributed by atoms with E-state index >= 15 is 0 Å². The number of aliphatic hydroxyl groups excluding tert-OH is 1. The summed E-state index contributed by atoms with van der Waals surface area (Å²) in [5.74, 6) is -0.677. The molecule has 7 nitrogen and oxygen atoms in total. The fourth-order valence-electron chi connectivity index (χ4n) is 2.39. The van der Waals surface area contributed by atoms with E-state index in [1.54, 1.807) is 36.2 Å². The molecule has 0 amide bonds. The highest BCUT2D eigenvalue weighted by atomic mass is 35.5. The molecule has 0 saturated heterocycles. The Balaban J connectivity index is 2.11. The molecule has 0 radical (unpaired) electrons. The van der Waals surface area contributed by atoms with Gasteiger partial charge in [-0.2, -0.15) is 0 Å². The first-order valence-corrected chi connectivity index (χ1v) is 7.87. The van der Waals surface area contributed by atoms with Gasteiger partial charge in [0.05, 0.1) is 22.6 Å². The lowest BCUT2D eigenvalue weighted by atomic mass is 9.98. The predicted octanol–water partition coefficient (Wildman–Crippen LogP) is 2.26. The Bertz CT molecular complexity index is 767. The molecule has 0 heterocycles. The predicted molar refractivity (Wildman–Crippen MR) is 96.1 cm³/mol. The van der Waals surface area contributed by atoms with Crippen LogP contribution in [0.5, 0.6) is 0 Å². The molecule has 0 aliphatic rings. The third-order valence-corrected chi connectivity index (χ3v) is 4.06. The molecule has 2 aromatic rings. The van der Waals surface area contributed by atoms with Gasteiger partial charge in [-0.15, -0.1) is 0 Å². The number of nitrogens with two attached hydrogens (primary N) is 1. The number of nitrogens with zero attached hydrogens (tertiary/aromatic N) is 2. The molecule has 0 aliphatic carbocycles. The van der Waals surface area contributed by atoms with Gasteiger partial charge in [0, 0.05) is 30.4 Å². The Morgan fingerprint density at radius 1 is 1.28 bits per heavy atom. The molecular weight excluding hydrogens is 346 g/mol. The van der Waals surface area contributed by atoms with Crippen LogP contribution in [-0.2, 0) is 0 Å². The smallest absolute Gasteiger partial charge is 0.280 e. The van der Waals surface area contributed by atoms with Gasteiger partial charge in [-0.3, -0.25) is 14.9 Å². The van der Waals surface area contributed by atoms with Crippen molar-refractivity contribution in [1.29, 1.82) is 0 Å². The van der Waals surface area contributed by atoms with Crippen LogP contribution >= 0.6 is 11.6 Å². The molecule has 3 N–H and O–H groups in total. The van der Waals surface area contributed by atoms with Crippen molar-refractivity contribution in [2.24, 2.45) is 5.73 Å². The van der Waals surface area contributed by atoms with Crippen LogP contribution in [0.15, 0.2) is 48.5 Å². The molecule has 2 aromatic carbocycles. The molecule has 0 bridgehead atoms. The number of carbonyl (C=O) groups excluding carboxylic acids is 1. The van der Waals surface area contributed by atoms with Crippen molar-refractivity contribution in [3.8, 4) is 0 Å². The van der Waals surface area contributed by atoms with Crippen molar-refractivity contribution in [2.75, 3.05) is 18.5 Å². The number of nitro benzene ring substituents is 1. The lowest BCUT2D eigenvalue weighted by Crippen LogP contribution is -2.47. The summed E-state index contributed by atoms with van der Waals surface area (Å²) < 4.78 is 0. The maximum atomic E-state index is 12.4. The monoisotopic (exact) mass is 363 g/mol. The molecule has 2 rings (SSSR count). The lowest BCUT2D eigenvalue weighted by Gasteiger charge is -2.25. The van der Waals surface area contributed by atoms with Gasteiger partial charge < -0.3 is 15.7 Å². The number of para-hydroxylation sites is 1. The number of anilines is 1. The first-order valence-electron chi connectivity index (χ1n) is 7.49. The van der Waals surface area contributed by atoms with Gasteiger partial charge in [0.1, 0.15) is 0 Å². The molecule has 2 unspecified atom stereocenters. The second kappa shape index (κ2) is 8.06. The molecule has 25 heavy (non-hydrogen) atoms. The van der Waals surface area contributed by atoms with Crippen molar-refractivity contribution in [3.63, 3.8) is 0 Å². The maximum absolute atomic E-state index is 12.4. The Morgan fingerprint density at radius 2 is 1.88 bits per heavy atom. The van der Waals surface area contributed by atoms with Crippen molar-refractivity contribution < 1.29 is 14.8 Å². The SMILES string of the molecule is CN(CC(O)C(N)C(=O)c1ccccc1[N+](=O)[O-])c1ccc(Cl)cc1. The number of halogens is 1. The van der Waals surface area contributed by atoms with Crippen LogP contribution in [-0.4, -0.2) is 41.6 Å². The van der Waals surface area contributed by atoms with E-state index < -0.39 is 22.9 Å². The summed E-state index contributed by atoms with van der Waals surface area (Å²) in [6, 6.07) is 11.2. The number of likely N-dealkylation sites (N-methyl/N-ethyl adjacent to an activating group) is 1. The molecule has 0 fully saturated rings. The zero-order chi connectivity index (χ0) is 18.6. The van der Waals surface area contributed by atoms with Gasteiger partial charge in [0.25, 0.3) is 5.69 Å². The summed E-state index contributed by atoms with van der Waals surface area (Å²) in [5, 5.41) is 21.9. The van der Waals surface area contributed by atoms with E-state index in [4.69, 9.17) is 17.3 Å². The minimum atomic E-state index is -1.28. The van der Waals surface area contributed by atoms with Crippen LogP contribution in [0.4, 0.5) is 11.4 Å². The van der Waals surface area contributed by atoms with Gasteiger partial charge in [-0.25, -0.2) is 0 Å². The highest BCUT2D eigenvalue weighted by Crippen LogP contribution is 2.21. The first kappa shape index (κ1) is 18.9. The Kier molecular flexibility index (Phi) is 6.08. The summed E-state index contributed by atoms with van der Waals surface area (Å²) in [5.41, 5.74) is 6.18. The Hall–Kier alpha value is -2.48. The van der Waals surface area contributed by atoms with Crippen molar-refractivity contribution >= 4 is 28.8 Å². The molecule has 132 valence electrons. The third kappa shape index (κ3) is 4.54. The number of rotatable bonds is 7. The van der Waals surface area contributed by atoms with E-state index in [2.05, 4.69) is 0 Å². The molecule has 8 heteroatoms. The highest BCUT2D eigenvalue weighted by Gasteiger charge is 2.29. The topological polar surface area (TPSA) is 110 Å². The second-order valence-electron chi connectivity index (χ2n) is 5.59. The second-order valence-corrected chi connectivity index (χ2v) is 6.03. The minimum absolute atomic E-state index is 0.0785. The summed E-state index contributed by atoms with van der Waals surface area (Å²) in [6.45, 7) is 0.0785. The zero-order valence-corrected chi connectivity index (χ0v) is 14.3. The quantitative estimate of drug-likeness (QED) is 0.443. The molecule has 0 aromatic heterocycles. The van der Waals surface area contributed by atoms with Gasteiger partial charge in [0.2, 0.25) is 0 Å². The van der Waals surface area contributed by atoms with Crippen molar-refractivity contribution in [2.45, 2.75) is 12.1 Å². The zero-order valence-electron chi connectivity index (χ0n) is 13.5. The average Bonchev–Trinajstić information content (AvgIpc) is 2.60. The minimum Gasteiger partial charge on any atom is -0.389 e. The van der Waals surface area contributed by atoms with E-state index in [1.807, 2.05) is 0 Å². The summed E-state index contributed by atoms with van der Waals surface area (Å²) in [4.78, 5) is 24.6. The summed E-state index contributed by atoms with van der Waals surface area (Å²) in [7, 11) is 1.73. The molecule has 2 atom stereocenters. The summed E-state index contributed by atoms with van der Waals surface area (Å²) >= 11 is 5.83. The van der Waals surface area contributed by atoms with Crippen molar-refractivity contribution in [1.82, 2.24) is 0 Å². The molecule has 0 spiro atoms. The number of benzene rings is 2. The maximum Gasteiger partial charge on any atom is 0.280 e. The highest BCUT2D eigenvalue weighted by molar-refractivity contribution is 6.30. The van der Waals surface area contributed by atoms with Crippen LogP contribution in [0, 0.1) is 10.1 Å². The first-order chi connectivity index (χ1) is 11.8. The number of hydrogen-bond acceptors (Lipinski definition) is 6. The molecule has 0 aliphatic heterocycles. The standard InChI is InChI=1S/C17H18ClN3O4/c1-20(12-8-6-11(18)7-9-12)10-15(22)16(19)17(23)13-4-2-3-5-14(13)21(24)25/h2-9,15-16,22H,10,19H2,1H3. The number of nitro groups is 1. The fraction of sp³-hybridized carbons (Fsp3) is 0.235. The van der Waals surface area contributed by atoms with Gasteiger partial charge in [-0.05, 0) is 30.3 Å². The van der Waals surface area contributed by atoms with Gasteiger partial charge in [-0.1, -0.05) is 23.7 Å². The Labute approximate surface area is 149 Å². The Morgan fingerprint density at radius 3 is 2.48 bits per heavy atom. The van der Waals surface area contributed by atoms with Crippen LogP contribution in [0.3, 0.4) is 0 Å². The van der Waals surface area contributed by atoms with E-state index in [0.717, 1.165) is 5.69 Å². The van der Waals surface area contributed by atoms with E-state index in [-0.39, 0.29) is 17.8 Å². The number of Topliss-reactive ketones (excluding diaryl/α,β-unsaturated/α-hetero) is 1. The normalized spacial score (nSPS) is 13.1. The van der Waals surface area contributed by atoms with Crippen LogP contribution in [0.2, 0.25) is 5.02 Å². The lowest BCUT2D eigenvalue weighted by molar-refractivity contribution is -0.385. The number of ketones is 1. The average molecular weight is 364 g/mol. The molecule has 0 saturated carbocycles. The van der Waals surface area contributed by atoms with E-state index in [9.17, 15) is 20.0 Å². The van der Waals surface area contributed by atoms with Crippen LogP contribution in [0.25, 0.3) is 0 Å². The number of aliphatic hydroxyl groups is 1. The third-order valence-electron chi connectivity index (χ3n) is 3.81. The van der Waals surface area contributed by atoms with E-state index in [1.165, 1.54) is 24.3 Å².